The van der Waals surface area contributed by atoms with Crippen molar-refractivity contribution in [3.05, 3.63) is 106 Å². The molecule has 0 unspecified atom stereocenters. The second-order valence-electron chi connectivity index (χ2n) is 8.06. The first-order valence-corrected chi connectivity index (χ1v) is 13.1. The number of fused-ring (bicyclic) bond motifs is 1. The third kappa shape index (κ3) is 6.16. The zero-order valence-corrected chi connectivity index (χ0v) is 23.1. The van der Waals surface area contributed by atoms with Gasteiger partial charge >= 0.3 is 0 Å². The first-order chi connectivity index (χ1) is 17.4. The largest absolute Gasteiger partial charge is 0.488 e. The van der Waals surface area contributed by atoms with Gasteiger partial charge in [0.1, 0.15) is 18.2 Å². The van der Waals surface area contributed by atoms with Gasteiger partial charge in [-0.15, -0.1) is 0 Å². The smallest absolute Gasteiger partial charge is 0.282 e. The fourth-order valence-corrected chi connectivity index (χ4v) is 4.58. The Labute approximate surface area is 229 Å². The molecule has 0 radical (unpaired) electrons. The van der Waals surface area contributed by atoms with Crippen molar-refractivity contribution in [1.29, 1.82) is 0 Å². The van der Waals surface area contributed by atoms with Crippen LogP contribution in [0.25, 0.3) is 10.9 Å². The second-order valence-corrected chi connectivity index (χ2v) is 10.1. The maximum Gasteiger partial charge on any atom is 0.282 e. The highest BCUT2D eigenvalue weighted by Gasteiger charge is 2.11. The van der Waals surface area contributed by atoms with Crippen LogP contribution >= 0.6 is 38.5 Å². The normalized spacial score (nSPS) is 11.3. The SMILES string of the molecule is CCCCc1nc2ccc(Br)cc2c(=O)n1N=Cc1ccc(OCc2ccc([N+](=O)[O-])cc2)c(I)c1. The molecule has 0 amide bonds. The average molecular weight is 661 g/mol. The lowest BCUT2D eigenvalue weighted by Gasteiger charge is -2.10. The summed E-state index contributed by atoms with van der Waals surface area (Å²) in [6, 6.07) is 17.4. The molecule has 0 aliphatic carbocycles. The summed E-state index contributed by atoms with van der Waals surface area (Å²) in [5, 5.41) is 15.8. The number of nitro benzene ring substituents is 1. The van der Waals surface area contributed by atoms with Crippen molar-refractivity contribution in [3.63, 3.8) is 0 Å². The molecule has 0 atom stereocenters. The molecule has 0 bridgehead atoms. The fourth-order valence-electron chi connectivity index (χ4n) is 3.52. The number of aromatic nitrogens is 2. The van der Waals surface area contributed by atoms with Crippen molar-refractivity contribution in [2.45, 2.75) is 32.8 Å². The van der Waals surface area contributed by atoms with Crippen molar-refractivity contribution in [3.8, 4) is 5.75 Å². The van der Waals surface area contributed by atoms with Crippen LogP contribution in [0.3, 0.4) is 0 Å². The second kappa shape index (κ2) is 11.7. The molecule has 0 spiro atoms. The minimum atomic E-state index is -0.429. The fraction of sp³-hybridized carbons (Fsp3) is 0.192. The van der Waals surface area contributed by atoms with E-state index in [9.17, 15) is 14.9 Å². The van der Waals surface area contributed by atoms with E-state index in [1.165, 1.54) is 16.8 Å². The van der Waals surface area contributed by atoms with Crippen molar-refractivity contribution >= 4 is 61.3 Å². The monoisotopic (exact) mass is 660 g/mol. The van der Waals surface area contributed by atoms with Gasteiger partial charge in [-0.25, -0.2) is 4.98 Å². The number of unbranched alkanes of at least 4 members (excludes halogenated alkanes) is 1. The topological polar surface area (TPSA) is 99.6 Å². The number of rotatable bonds is 9. The number of nitro groups is 1. The molecule has 4 aromatic rings. The van der Waals surface area contributed by atoms with Gasteiger partial charge in [0.15, 0.2) is 0 Å². The average Bonchev–Trinajstić information content (AvgIpc) is 2.87. The van der Waals surface area contributed by atoms with Crippen LogP contribution in [0, 0.1) is 13.7 Å². The van der Waals surface area contributed by atoms with Crippen molar-refractivity contribution in [2.24, 2.45) is 5.10 Å². The molecule has 184 valence electrons. The first-order valence-electron chi connectivity index (χ1n) is 11.3. The number of non-ortho nitro benzene ring substituents is 1. The molecule has 0 aliphatic heterocycles. The minimum Gasteiger partial charge on any atom is -0.488 e. The molecule has 0 aliphatic rings. The van der Waals surface area contributed by atoms with Gasteiger partial charge in [-0.2, -0.15) is 9.78 Å². The van der Waals surface area contributed by atoms with Gasteiger partial charge in [0.25, 0.3) is 11.2 Å². The van der Waals surface area contributed by atoms with Crippen molar-refractivity contribution in [1.82, 2.24) is 9.66 Å². The number of hydrogen-bond donors (Lipinski definition) is 0. The summed E-state index contributed by atoms with van der Waals surface area (Å²) in [6.07, 6.45) is 4.19. The lowest BCUT2D eigenvalue weighted by atomic mass is 10.2. The Balaban J connectivity index is 1.55. The minimum absolute atomic E-state index is 0.0446. The maximum absolute atomic E-state index is 13.2. The van der Waals surface area contributed by atoms with E-state index in [2.05, 4.69) is 50.5 Å². The quantitative estimate of drug-likeness (QED) is 0.0886. The van der Waals surface area contributed by atoms with E-state index in [-0.39, 0.29) is 17.9 Å². The zero-order valence-electron chi connectivity index (χ0n) is 19.4. The first kappa shape index (κ1) is 26.0. The summed E-state index contributed by atoms with van der Waals surface area (Å²) in [5.41, 5.74) is 2.13. The molecule has 0 N–H and O–H groups in total. The summed E-state index contributed by atoms with van der Waals surface area (Å²) in [4.78, 5) is 28.3. The summed E-state index contributed by atoms with van der Waals surface area (Å²) in [5.74, 6) is 1.31. The Bertz CT molecular complexity index is 1500. The van der Waals surface area contributed by atoms with Gasteiger partial charge in [0.2, 0.25) is 0 Å². The Hall–Kier alpha value is -3.12. The number of ether oxygens (including phenoxy) is 1. The van der Waals surface area contributed by atoms with Crippen LogP contribution in [-0.4, -0.2) is 20.8 Å². The molecule has 0 saturated carbocycles. The van der Waals surface area contributed by atoms with Gasteiger partial charge in [0, 0.05) is 23.0 Å². The molecule has 4 rings (SSSR count). The molecule has 0 fully saturated rings. The van der Waals surface area contributed by atoms with Crippen molar-refractivity contribution < 1.29 is 9.66 Å². The Morgan fingerprint density at radius 2 is 1.94 bits per heavy atom. The van der Waals surface area contributed by atoms with Crippen LogP contribution in [0.2, 0.25) is 0 Å². The van der Waals surface area contributed by atoms with Gasteiger partial charge in [-0.1, -0.05) is 29.3 Å². The van der Waals surface area contributed by atoms with E-state index in [0.717, 1.165) is 32.0 Å². The number of hydrogen-bond acceptors (Lipinski definition) is 6. The van der Waals surface area contributed by atoms with E-state index in [4.69, 9.17) is 9.72 Å². The number of aryl methyl sites for hydroxylation is 1. The molecule has 8 nitrogen and oxygen atoms in total. The molecular formula is C26H22BrIN4O4. The van der Waals surface area contributed by atoms with Crippen LogP contribution in [0.1, 0.15) is 36.7 Å². The Kier molecular flexibility index (Phi) is 8.47. The summed E-state index contributed by atoms with van der Waals surface area (Å²) >= 11 is 5.61. The van der Waals surface area contributed by atoms with Crippen molar-refractivity contribution in [2.75, 3.05) is 0 Å². The molecule has 0 saturated heterocycles. The van der Waals surface area contributed by atoms with Gasteiger partial charge in [0.05, 0.1) is 25.6 Å². The van der Waals surface area contributed by atoms with Crippen LogP contribution in [0.15, 0.2) is 75.0 Å². The number of halogens is 2. The molecule has 3 aromatic carbocycles. The predicted octanol–water partition coefficient (Wildman–Crippen LogP) is 6.48. The van der Waals surface area contributed by atoms with E-state index in [1.54, 1.807) is 24.4 Å². The molecule has 1 heterocycles. The van der Waals surface area contributed by atoms with E-state index < -0.39 is 4.92 Å². The van der Waals surface area contributed by atoms with Crippen LogP contribution in [0.4, 0.5) is 5.69 Å². The van der Waals surface area contributed by atoms with Crippen LogP contribution in [0.5, 0.6) is 5.75 Å². The number of nitrogens with zero attached hydrogens (tertiary/aromatic N) is 4. The van der Waals surface area contributed by atoms with E-state index in [1.807, 2.05) is 30.3 Å². The summed E-state index contributed by atoms with van der Waals surface area (Å²) < 4.78 is 8.96. The molecule has 36 heavy (non-hydrogen) atoms. The van der Waals surface area contributed by atoms with Gasteiger partial charge in [-0.3, -0.25) is 14.9 Å². The molecule has 10 heteroatoms. The highest BCUT2D eigenvalue weighted by atomic mass is 127. The maximum atomic E-state index is 13.2. The summed E-state index contributed by atoms with van der Waals surface area (Å²) in [7, 11) is 0. The summed E-state index contributed by atoms with van der Waals surface area (Å²) in [6.45, 7) is 2.38. The standard InChI is InChI=1S/C26H22BrIN4O4/c1-2-3-4-25-30-23-11-8-19(27)14-21(23)26(33)31(25)29-15-18-7-12-24(22(28)13-18)36-16-17-5-9-20(10-6-17)32(34)35/h5-15H,2-4,16H2,1H3. The van der Waals surface area contributed by atoms with Crippen LogP contribution in [-0.2, 0) is 13.0 Å². The Morgan fingerprint density at radius 3 is 2.64 bits per heavy atom. The van der Waals surface area contributed by atoms with Crippen LogP contribution < -0.4 is 10.3 Å². The Morgan fingerprint density at radius 1 is 1.17 bits per heavy atom. The highest BCUT2D eigenvalue weighted by Crippen LogP contribution is 2.23. The lowest BCUT2D eigenvalue weighted by Crippen LogP contribution is -2.22. The third-order valence-corrected chi connectivity index (χ3v) is 6.79. The predicted molar refractivity (Wildman–Crippen MR) is 152 cm³/mol. The highest BCUT2D eigenvalue weighted by molar-refractivity contribution is 14.1. The lowest BCUT2D eigenvalue weighted by molar-refractivity contribution is -0.384. The molecular weight excluding hydrogens is 639 g/mol. The third-order valence-electron chi connectivity index (χ3n) is 5.45. The number of benzene rings is 3. The zero-order chi connectivity index (χ0) is 25.7. The van der Waals surface area contributed by atoms with Gasteiger partial charge in [-0.05, 0) is 88.7 Å². The van der Waals surface area contributed by atoms with E-state index >= 15 is 0 Å². The van der Waals surface area contributed by atoms with E-state index in [0.29, 0.717) is 28.9 Å². The molecule has 1 aromatic heterocycles. The van der Waals surface area contributed by atoms with Gasteiger partial charge < -0.3 is 4.74 Å².